The summed E-state index contributed by atoms with van der Waals surface area (Å²) in [6.07, 6.45) is 1.60. The Balaban J connectivity index is 1.32. The number of carbonyl (C=O) groups is 1. The highest BCUT2D eigenvalue weighted by molar-refractivity contribution is 7.89. The molecule has 34 heavy (non-hydrogen) atoms. The van der Waals surface area contributed by atoms with Crippen molar-refractivity contribution in [2.24, 2.45) is 5.92 Å². The predicted octanol–water partition coefficient (Wildman–Crippen LogP) is 4.56. The second-order valence-corrected chi connectivity index (χ2v) is 10.5. The molecule has 0 spiro atoms. The third-order valence-corrected chi connectivity index (χ3v) is 8.35. The second kappa shape index (κ2) is 10.9. The number of nitrogens with one attached hydrogen (secondary N) is 1. The number of carbonyl (C=O) groups excluding carboxylic acids is 1. The highest BCUT2D eigenvalue weighted by Gasteiger charge is 2.33. The van der Waals surface area contributed by atoms with Crippen molar-refractivity contribution in [2.45, 2.75) is 30.1 Å². The van der Waals surface area contributed by atoms with E-state index in [1.54, 1.807) is 0 Å². The van der Waals surface area contributed by atoms with E-state index in [1.807, 2.05) is 36.4 Å². The standard InChI is InChI=1S/C27H29FN2O3S/c28-25-13-7-8-14-26(25)34(32,33)30-19-16-23(17-20-30)27(31)29-18-15-24(21-9-3-1-4-10-21)22-11-5-2-6-12-22/h1-14,23-24H,15-20H2,(H,29,31). The molecule has 3 aromatic rings. The zero-order valence-corrected chi connectivity index (χ0v) is 19.8. The van der Waals surface area contributed by atoms with Crippen LogP contribution in [0.2, 0.25) is 0 Å². The number of rotatable bonds is 8. The molecular weight excluding hydrogens is 451 g/mol. The lowest BCUT2D eigenvalue weighted by Crippen LogP contribution is -2.43. The van der Waals surface area contributed by atoms with E-state index in [-0.39, 0.29) is 35.7 Å². The van der Waals surface area contributed by atoms with Crippen molar-refractivity contribution in [3.05, 3.63) is 102 Å². The fourth-order valence-electron chi connectivity index (χ4n) is 4.53. The number of sulfonamides is 1. The van der Waals surface area contributed by atoms with Crippen LogP contribution in [0.1, 0.15) is 36.3 Å². The summed E-state index contributed by atoms with van der Waals surface area (Å²) in [5.41, 5.74) is 2.41. The van der Waals surface area contributed by atoms with Crippen LogP contribution >= 0.6 is 0 Å². The maximum atomic E-state index is 14.0. The Morgan fingerprint density at radius 3 is 1.97 bits per heavy atom. The molecule has 0 aromatic heterocycles. The summed E-state index contributed by atoms with van der Waals surface area (Å²) in [6.45, 7) is 0.928. The molecule has 1 fully saturated rings. The number of amides is 1. The fraction of sp³-hybridized carbons (Fsp3) is 0.296. The van der Waals surface area contributed by atoms with E-state index in [0.29, 0.717) is 19.4 Å². The first-order valence-corrected chi connectivity index (χ1v) is 13.0. The van der Waals surface area contributed by atoms with Gasteiger partial charge in [-0.3, -0.25) is 4.79 Å². The monoisotopic (exact) mass is 480 g/mol. The molecule has 4 rings (SSSR count). The fourth-order valence-corrected chi connectivity index (χ4v) is 6.07. The van der Waals surface area contributed by atoms with Crippen molar-refractivity contribution in [1.82, 2.24) is 9.62 Å². The van der Waals surface area contributed by atoms with Crippen molar-refractivity contribution in [3.63, 3.8) is 0 Å². The molecule has 1 heterocycles. The predicted molar refractivity (Wildman–Crippen MR) is 130 cm³/mol. The molecule has 0 saturated carbocycles. The first kappa shape index (κ1) is 24.1. The Kier molecular flexibility index (Phi) is 7.75. The average Bonchev–Trinajstić information content (AvgIpc) is 2.88. The molecule has 1 N–H and O–H groups in total. The maximum Gasteiger partial charge on any atom is 0.245 e. The quantitative estimate of drug-likeness (QED) is 0.514. The minimum absolute atomic E-state index is 0.0530. The largest absolute Gasteiger partial charge is 0.356 e. The summed E-state index contributed by atoms with van der Waals surface area (Å²) in [6, 6.07) is 25.9. The molecule has 5 nitrogen and oxygen atoms in total. The summed E-state index contributed by atoms with van der Waals surface area (Å²) >= 11 is 0. The lowest BCUT2D eigenvalue weighted by atomic mass is 9.88. The van der Waals surface area contributed by atoms with Crippen LogP contribution in [0.5, 0.6) is 0 Å². The number of halogens is 1. The van der Waals surface area contributed by atoms with Gasteiger partial charge in [-0.2, -0.15) is 4.31 Å². The number of benzene rings is 3. The van der Waals surface area contributed by atoms with Gasteiger partial charge in [0, 0.05) is 31.5 Å². The number of hydrogen-bond acceptors (Lipinski definition) is 3. The first-order valence-electron chi connectivity index (χ1n) is 11.6. The van der Waals surface area contributed by atoms with Gasteiger partial charge in [-0.05, 0) is 42.5 Å². The maximum absolute atomic E-state index is 14.0. The molecule has 3 aromatic carbocycles. The van der Waals surface area contributed by atoms with Crippen molar-refractivity contribution >= 4 is 15.9 Å². The zero-order valence-electron chi connectivity index (χ0n) is 18.9. The van der Waals surface area contributed by atoms with Crippen LogP contribution in [0.15, 0.2) is 89.8 Å². The highest BCUT2D eigenvalue weighted by atomic mass is 32.2. The van der Waals surface area contributed by atoms with Crippen LogP contribution in [0.4, 0.5) is 4.39 Å². The van der Waals surface area contributed by atoms with E-state index in [2.05, 4.69) is 29.6 Å². The van der Waals surface area contributed by atoms with Crippen LogP contribution in [0.3, 0.4) is 0 Å². The SMILES string of the molecule is O=C(NCCC(c1ccccc1)c1ccccc1)C1CCN(S(=O)(=O)c2ccccc2F)CC1. The summed E-state index contributed by atoms with van der Waals surface area (Å²) in [5, 5.41) is 3.05. The molecule has 1 amide bonds. The van der Waals surface area contributed by atoms with Gasteiger partial charge in [0.25, 0.3) is 0 Å². The van der Waals surface area contributed by atoms with Crippen LogP contribution in [0, 0.1) is 11.7 Å². The van der Waals surface area contributed by atoms with Gasteiger partial charge in [0.2, 0.25) is 15.9 Å². The number of nitrogens with zero attached hydrogens (tertiary/aromatic N) is 1. The molecule has 7 heteroatoms. The molecule has 178 valence electrons. The lowest BCUT2D eigenvalue weighted by Gasteiger charge is -2.30. The van der Waals surface area contributed by atoms with Gasteiger partial charge in [-0.15, -0.1) is 0 Å². The molecular formula is C27H29FN2O3S. The second-order valence-electron chi connectivity index (χ2n) is 8.56. The van der Waals surface area contributed by atoms with E-state index < -0.39 is 15.8 Å². The Hall–Kier alpha value is -3.03. The normalized spacial score (nSPS) is 15.4. The van der Waals surface area contributed by atoms with Crippen LogP contribution < -0.4 is 5.32 Å². The Morgan fingerprint density at radius 1 is 0.882 bits per heavy atom. The van der Waals surface area contributed by atoms with Gasteiger partial charge in [0.1, 0.15) is 10.7 Å². The summed E-state index contributed by atoms with van der Waals surface area (Å²) in [4.78, 5) is 12.5. The molecule has 0 atom stereocenters. The molecule has 1 aliphatic rings. The van der Waals surface area contributed by atoms with E-state index in [1.165, 1.54) is 33.6 Å². The van der Waals surface area contributed by atoms with Gasteiger partial charge in [-0.1, -0.05) is 72.8 Å². The van der Waals surface area contributed by atoms with E-state index in [0.717, 1.165) is 12.5 Å². The van der Waals surface area contributed by atoms with Crippen molar-refractivity contribution in [1.29, 1.82) is 0 Å². The number of hydrogen-bond donors (Lipinski definition) is 1. The topological polar surface area (TPSA) is 66.5 Å². The minimum atomic E-state index is -3.90. The zero-order chi connectivity index (χ0) is 24.0. The molecule has 0 radical (unpaired) electrons. The smallest absolute Gasteiger partial charge is 0.245 e. The Morgan fingerprint density at radius 2 is 1.41 bits per heavy atom. The summed E-state index contributed by atoms with van der Waals surface area (Å²) in [5.74, 6) is -0.883. The van der Waals surface area contributed by atoms with Crippen molar-refractivity contribution in [3.8, 4) is 0 Å². The third-order valence-electron chi connectivity index (χ3n) is 6.42. The number of piperidine rings is 1. The lowest BCUT2D eigenvalue weighted by molar-refractivity contribution is -0.126. The van der Waals surface area contributed by atoms with Gasteiger partial charge in [0.15, 0.2) is 0 Å². The first-order chi connectivity index (χ1) is 16.5. The molecule has 0 bridgehead atoms. The van der Waals surface area contributed by atoms with Crippen LogP contribution in [0.25, 0.3) is 0 Å². The van der Waals surface area contributed by atoms with Crippen LogP contribution in [-0.2, 0) is 14.8 Å². The van der Waals surface area contributed by atoms with Gasteiger partial charge in [0.05, 0.1) is 0 Å². The molecule has 1 saturated heterocycles. The van der Waals surface area contributed by atoms with Crippen molar-refractivity contribution < 1.29 is 17.6 Å². The van der Waals surface area contributed by atoms with Gasteiger partial charge in [-0.25, -0.2) is 12.8 Å². The van der Waals surface area contributed by atoms with Gasteiger partial charge < -0.3 is 5.32 Å². The minimum Gasteiger partial charge on any atom is -0.356 e. The van der Waals surface area contributed by atoms with Crippen molar-refractivity contribution in [2.75, 3.05) is 19.6 Å². The van der Waals surface area contributed by atoms with Gasteiger partial charge >= 0.3 is 0 Å². The molecule has 0 aliphatic carbocycles. The van der Waals surface area contributed by atoms with E-state index in [4.69, 9.17) is 0 Å². The van der Waals surface area contributed by atoms with Crippen LogP contribution in [-0.4, -0.2) is 38.3 Å². The third kappa shape index (κ3) is 5.54. The Bertz CT molecular complexity index is 1160. The van der Waals surface area contributed by atoms with E-state index >= 15 is 0 Å². The summed E-state index contributed by atoms with van der Waals surface area (Å²) < 4.78 is 40.9. The average molecular weight is 481 g/mol. The molecule has 0 unspecified atom stereocenters. The van der Waals surface area contributed by atoms with E-state index in [9.17, 15) is 17.6 Å². The summed E-state index contributed by atoms with van der Waals surface area (Å²) in [7, 11) is -3.90. The highest BCUT2D eigenvalue weighted by Crippen LogP contribution is 2.28. The Labute approximate surface area is 200 Å². The molecule has 1 aliphatic heterocycles.